The van der Waals surface area contributed by atoms with Gasteiger partial charge < -0.3 is 14.6 Å². The van der Waals surface area contributed by atoms with Crippen molar-refractivity contribution in [2.75, 3.05) is 13.1 Å². The number of rotatable bonds is 1. The molecule has 0 aromatic carbocycles. The zero-order valence-electron chi connectivity index (χ0n) is 14.0. The monoisotopic (exact) mass is 352 g/mol. The lowest BCUT2D eigenvalue weighted by atomic mass is 10.0. The number of fused-ring (bicyclic) bond motifs is 1. The van der Waals surface area contributed by atoms with E-state index in [1.54, 1.807) is 15.7 Å². The minimum Gasteiger partial charge on any atom is -0.444 e. The van der Waals surface area contributed by atoms with Crippen LogP contribution in [0.2, 0.25) is 5.02 Å². The van der Waals surface area contributed by atoms with Crippen molar-refractivity contribution in [3.05, 3.63) is 27.9 Å². The van der Waals surface area contributed by atoms with Crippen LogP contribution in [0.4, 0.5) is 4.79 Å². The van der Waals surface area contributed by atoms with E-state index in [2.05, 4.69) is 9.97 Å². The number of imidazole rings is 1. The van der Waals surface area contributed by atoms with Crippen molar-refractivity contribution in [3.8, 4) is 0 Å². The van der Waals surface area contributed by atoms with Crippen LogP contribution in [0.3, 0.4) is 0 Å². The number of nitrogens with zero attached hydrogens (tertiary/aromatic N) is 3. The van der Waals surface area contributed by atoms with E-state index < -0.39 is 5.60 Å². The van der Waals surface area contributed by atoms with Gasteiger partial charge in [0.15, 0.2) is 0 Å². The average molecular weight is 353 g/mol. The highest BCUT2D eigenvalue weighted by molar-refractivity contribution is 6.34. The number of likely N-dealkylation sites (tertiary alicyclic amines) is 1. The van der Waals surface area contributed by atoms with Crippen LogP contribution in [-0.2, 0) is 4.74 Å². The van der Waals surface area contributed by atoms with E-state index in [4.69, 9.17) is 16.3 Å². The number of hydrogen-bond donors (Lipinski definition) is 1. The summed E-state index contributed by atoms with van der Waals surface area (Å²) < 4.78 is 7.09. The average Bonchev–Trinajstić information content (AvgIpc) is 2.83. The van der Waals surface area contributed by atoms with Crippen LogP contribution in [0.25, 0.3) is 11.0 Å². The topological polar surface area (TPSA) is 80.2 Å². The highest BCUT2D eigenvalue weighted by Crippen LogP contribution is 2.28. The van der Waals surface area contributed by atoms with Gasteiger partial charge in [0.1, 0.15) is 5.60 Å². The van der Waals surface area contributed by atoms with Crippen molar-refractivity contribution >= 4 is 28.7 Å². The van der Waals surface area contributed by atoms with Gasteiger partial charge in [-0.3, -0.25) is 9.55 Å². The number of amides is 1. The lowest BCUT2D eigenvalue weighted by Crippen LogP contribution is -2.43. The van der Waals surface area contributed by atoms with Crippen LogP contribution in [0.15, 0.2) is 17.2 Å². The number of nitrogens with one attached hydrogen (secondary N) is 1. The zero-order chi connectivity index (χ0) is 17.5. The zero-order valence-corrected chi connectivity index (χ0v) is 14.8. The van der Waals surface area contributed by atoms with Gasteiger partial charge in [-0.05, 0) is 33.6 Å². The molecule has 3 heterocycles. The first kappa shape index (κ1) is 16.8. The Bertz CT molecular complexity index is 813. The smallest absolute Gasteiger partial charge is 0.410 e. The number of hydrogen-bond acceptors (Lipinski definition) is 4. The number of piperidine rings is 1. The predicted molar refractivity (Wildman–Crippen MR) is 91.4 cm³/mol. The number of aromatic nitrogens is 3. The normalized spacial score (nSPS) is 16.6. The molecule has 130 valence electrons. The fourth-order valence-corrected chi connectivity index (χ4v) is 3.27. The van der Waals surface area contributed by atoms with Crippen molar-refractivity contribution < 1.29 is 9.53 Å². The molecule has 1 N–H and O–H groups in total. The third-order valence-electron chi connectivity index (χ3n) is 4.06. The Balaban J connectivity index is 1.77. The van der Waals surface area contributed by atoms with E-state index in [1.165, 1.54) is 6.20 Å². The Morgan fingerprint density at radius 1 is 1.33 bits per heavy atom. The van der Waals surface area contributed by atoms with Gasteiger partial charge in [-0.25, -0.2) is 9.59 Å². The van der Waals surface area contributed by atoms with E-state index >= 15 is 0 Å². The molecule has 8 heteroatoms. The molecule has 1 aliphatic rings. The summed E-state index contributed by atoms with van der Waals surface area (Å²) in [5, 5.41) is 0.445. The van der Waals surface area contributed by atoms with Crippen LogP contribution in [0.5, 0.6) is 0 Å². The van der Waals surface area contributed by atoms with Gasteiger partial charge in [0.2, 0.25) is 0 Å². The van der Waals surface area contributed by atoms with E-state index in [-0.39, 0.29) is 17.8 Å². The summed E-state index contributed by atoms with van der Waals surface area (Å²) >= 11 is 6.22. The summed E-state index contributed by atoms with van der Waals surface area (Å²) in [6.45, 7) is 6.63. The van der Waals surface area contributed by atoms with Gasteiger partial charge in [0.05, 0.1) is 22.3 Å². The first-order valence-corrected chi connectivity index (χ1v) is 8.36. The molecule has 7 nitrogen and oxygen atoms in total. The fraction of sp³-hybridized carbons (Fsp3) is 0.562. The molecule has 1 aliphatic heterocycles. The van der Waals surface area contributed by atoms with Gasteiger partial charge in [0.25, 0.3) is 0 Å². The van der Waals surface area contributed by atoms with Crippen molar-refractivity contribution in [2.24, 2.45) is 0 Å². The molecule has 1 fully saturated rings. The van der Waals surface area contributed by atoms with Gasteiger partial charge >= 0.3 is 11.8 Å². The molecule has 24 heavy (non-hydrogen) atoms. The molecule has 0 radical (unpaired) electrons. The Kier molecular flexibility index (Phi) is 4.29. The SMILES string of the molecule is CC(C)(C)OC(=O)N1CCC(n2c(=O)[nH]c3cncc(Cl)c32)CC1. The number of carbonyl (C=O) groups excluding carboxylic acids is 1. The Morgan fingerprint density at radius 2 is 2.00 bits per heavy atom. The maximum atomic E-state index is 12.3. The van der Waals surface area contributed by atoms with Gasteiger partial charge in [-0.2, -0.15) is 0 Å². The van der Waals surface area contributed by atoms with Crippen LogP contribution < -0.4 is 5.69 Å². The summed E-state index contributed by atoms with van der Waals surface area (Å²) in [6.07, 6.45) is 4.16. The molecule has 0 saturated carbocycles. The molecule has 1 saturated heterocycles. The van der Waals surface area contributed by atoms with E-state index in [1.807, 2.05) is 20.8 Å². The molecule has 0 bridgehead atoms. The maximum Gasteiger partial charge on any atom is 0.410 e. The summed E-state index contributed by atoms with van der Waals surface area (Å²) in [4.78, 5) is 32.9. The lowest BCUT2D eigenvalue weighted by Gasteiger charge is -2.33. The molecule has 2 aromatic heterocycles. The fourth-order valence-electron chi connectivity index (χ4n) is 3.02. The molecule has 0 spiro atoms. The second kappa shape index (κ2) is 6.12. The molecule has 2 aromatic rings. The minimum absolute atomic E-state index is 0.00941. The maximum absolute atomic E-state index is 12.3. The Morgan fingerprint density at radius 3 is 2.62 bits per heavy atom. The molecule has 0 atom stereocenters. The number of carbonyl (C=O) groups is 1. The quantitative estimate of drug-likeness (QED) is 0.855. The lowest BCUT2D eigenvalue weighted by molar-refractivity contribution is 0.0189. The third kappa shape index (κ3) is 3.26. The number of pyridine rings is 1. The minimum atomic E-state index is -0.512. The largest absolute Gasteiger partial charge is 0.444 e. The predicted octanol–water partition coefficient (Wildman–Crippen LogP) is 2.95. The number of aromatic amines is 1. The Labute approximate surface area is 144 Å². The highest BCUT2D eigenvalue weighted by atomic mass is 35.5. The van der Waals surface area contributed by atoms with Gasteiger partial charge in [-0.1, -0.05) is 11.6 Å². The molecular weight excluding hydrogens is 332 g/mol. The third-order valence-corrected chi connectivity index (χ3v) is 4.33. The molecule has 3 rings (SSSR count). The van der Waals surface area contributed by atoms with Crippen LogP contribution in [0, 0.1) is 0 Å². The van der Waals surface area contributed by atoms with Crippen LogP contribution in [0.1, 0.15) is 39.7 Å². The van der Waals surface area contributed by atoms with Crippen LogP contribution >= 0.6 is 11.6 Å². The second-order valence-electron chi connectivity index (χ2n) is 7.02. The summed E-state index contributed by atoms with van der Waals surface area (Å²) in [5.41, 5.74) is 0.590. The van der Waals surface area contributed by atoms with Crippen LogP contribution in [-0.4, -0.2) is 44.2 Å². The molecule has 0 unspecified atom stereocenters. The van der Waals surface area contributed by atoms with Gasteiger partial charge in [0, 0.05) is 25.3 Å². The summed E-state index contributed by atoms with van der Waals surface area (Å²) in [6, 6.07) is -0.00941. The van der Waals surface area contributed by atoms with E-state index in [9.17, 15) is 9.59 Å². The Hall–Kier alpha value is -2.02. The number of halogens is 1. The van der Waals surface area contributed by atoms with Gasteiger partial charge in [-0.15, -0.1) is 0 Å². The standard InChI is InChI=1S/C16H21ClN4O3/c1-16(2,3)24-15(23)20-6-4-10(5-7-20)21-13-11(17)8-18-9-12(13)19-14(21)22/h8-10H,4-7H2,1-3H3,(H,19,22). The first-order valence-electron chi connectivity index (χ1n) is 7.98. The number of ether oxygens (including phenoxy) is 1. The summed E-state index contributed by atoms with van der Waals surface area (Å²) in [7, 11) is 0. The highest BCUT2D eigenvalue weighted by Gasteiger charge is 2.29. The molecule has 1 amide bonds. The second-order valence-corrected chi connectivity index (χ2v) is 7.42. The molecular formula is C16H21ClN4O3. The first-order chi connectivity index (χ1) is 11.3. The van der Waals surface area contributed by atoms with E-state index in [0.29, 0.717) is 42.0 Å². The van der Waals surface area contributed by atoms with E-state index in [0.717, 1.165) is 0 Å². The van der Waals surface area contributed by atoms with Crippen molar-refractivity contribution in [1.29, 1.82) is 0 Å². The summed E-state index contributed by atoms with van der Waals surface area (Å²) in [5.74, 6) is 0. The van der Waals surface area contributed by atoms with Crippen molar-refractivity contribution in [1.82, 2.24) is 19.4 Å². The van der Waals surface area contributed by atoms with Crippen molar-refractivity contribution in [3.63, 3.8) is 0 Å². The van der Waals surface area contributed by atoms with Crippen molar-refractivity contribution in [2.45, 2.75) is 45.3 Å². The number of H-pyrrole nitrogens is 1. The molecule has 0 aliphatic carbocycles.